The second kappa shape index (κ2) is 5.61. The number of likely N-dealkylation sites (tertiary alicyclic amines) is 1. The quantitative estimate of drug-likeness (QED) is 0.922. The molecule has 1 unspecified atom stereocenters. The summed E-state index contributed by atoms with van der Waals surface area (Å²) in [6.45, 7) is 2.16. The predicted octanol–water partition coefficient (Wildman–Crippen LogP) is 1.94. The van der Waals surface area contributed by atoms with Gasteiger partial charge in [0.1, 0.15) is 12.1 Å². The Balaban J connectivity index is 1.92. The number of fused-ring (bicyclic) bond motifs is 1. The van der Waals surface area contributed by atoms with Gasteiger partial charge in [-0.2, -0.15) is 0 Å². The molecule has 122 valence electrons. The normalized spacial score (nSPS) is 22.9. The molecule has 1 aromatic rings. The lowest BCUT2D eigenvalue weighted by Crippen LogP contribution is -2.51. The molecular formula is C17H19NO5. The Morgan fingerprint density at radius 3 is 2.87 bits per heavy atom. The molecule has 6 heteroatoms. The standard InChI is InChI=1S/C17H19NO5/c1-17(16(20)21)7-4-8-18(17)15(19)12-9-11-5-3-6-13(22-2)14(11)23-10-12/h3,5-6,9H,4,7-8,10H2,1-2H3,(H,20,21). The number of aliphatic carboxylic acids is 1. The molecule has 1 atom stereocenters. The van der Waals surface area contributed by atoms with Crippen LogP contribution in [0.2, 0.25) is 0 Å². The van der Waals surface area contributed by atoms with Gasteiger partial charge in [-0.1, -0.05) is 12.1 Å². The smallest absolute Gasteiger partial charge is 0.329 e. The number of carboxylic acids is 1. The Labute approximate surface area is 134 Å². The largest absolute Gasteiger partial charge is 0.493 e. The predicted molar refractivity (Wildman–Crippen MR) is 83.5 cm³/mol. The number of amides is 1. The fourth-order valence-electron chi connectivity index (χ4n) is 3.15. The van der Waals surface area contributed by atoms with E-state index in [1.165, 1.54) is 4.90 Å². The molecule has 0 bridgehead atoms. The van der Waals surface area contributed by atoms with Crippen LogP contribution >= 0.6 is 0 Å². The van der Waals surface area contributed by atoms with E-state index in [9.17, 15) is 14.7 Å². The number of ether oxygens (including phenoxy) is 2. The summed E-state index contributed by atoms with van der Waals surface area (Å²) in [5.41, 5.74) is 0.0716. The summed E-state index contributed by atoms with van der Waals surface area (Å²) in [5.74, 6) is -0.0284. The summed E-state index contributed by atoms with van der Waals surface area (Å²) < 4.78 is 10.9. The summed E-state index contributed by atoms with van der Waals surface area (Å²) in [7, 11) is 1.56. The van der Waals surface area contributed by atoms with Gasteiger partial charge in [0.05, 0.1) is 12.7 Å². The number of carbonyl (C=O) groups excluding carboxylic acids is 1. The maximum absolute atomic E-state index is 12.8. The van der Waals surface area contributed by atoms with Gasteiger partial charge in [0.15, 0.2) is 11.5 Å². The maximum Gasteiger partial charge on any atom is 0.329 e. The number of carbonyl (C=O) groups is 2. The van der Waals surface area contributed by atoms with Gasteiger partial charge in [0.2, 0.25) is 0 Å². The molecular weight excluding hydrogens is 298 g/mol. The topological polar surface area (TPSA) is 76.1 Å². The Hall–Kier alpha value is -2.50. The summed E-state index contributed by atoms with van der Waals surface area (Å²) in [6.07, 6.45) is 2.91. The van der Waals surface area contributed by atoms with E-state index in [2.05, 4.69) is 0 Å². The minimum absolute atomic E-state index is 0.110. The average molecular weight is 317 g/mol. The van der Waals surface area contributed by atoms with Crippen LogP contribution in [-0.4, -0.2) is 47.7 Å². The SMILES string of the molecule is COc1cccc2c1OCC(C(=O)N1CCCC1(C)C(=O)O)=C2. The first-order chi connectivity index (χ1) is 11.0. The number of methoxy groups -OCH3 is 1. The van der Waals surface area contributed by atoms with Crippen molar-refractivity contribution >= 4 is 18.0 Å². The lowest BCUT2D eigenvalue weighted by atomic mass is 9.98. The lowest BCUT2D eigenvalue weighted by molar-refractivity contribution is -0.154. The Kier molecular flexibility index (Phi) is 3.75. The highest BCUT2D eigenvalue weighted by Gasteiger charge is 2.46. The highest BCUT2D eigenvalue weighted by Crippen LogP contribution is 2.37. The van der Waals surface area contributed by atoms with Crippen LogP contribution in [-0.2, 0) is 9.59 Å². The van der Waals surface area contributed by atoms with E-state index in [1.54, 1.807) is 26.2 Å². The van der Waals surface area contributed by atoms with Crippen molar-refractivity contribution in [2.75, 3.05) is 20.3 Å². The van der Waals surface area contributed by atoms with Gasteiger partial charge in [0, 0.05) is 12.1 Å². The second-order valence-corrected chi connectivity index (χ2v) is 5.98. The van der Waals surface area contributed by atoms with E-state index in [4.69, 9.17) is 9.47 Å². The summed E-state index contributed by atoms with van der Waals surface area (Å²) in [4.78, 5) is 25.7. The molecule has 0 radical (unpaired) electrons. The van der Waals surface area contributed by atoms with Crippen molar-refractivity contribution in [3.8, 4) is 11.5 Å². The van der Waals surface area contributed by atoms with Gasteiger partial charge >= 0.3 is 5.97 Å². The average Bonchev–Trinajstić information content (AvgIpc) is 2.96. The molecule has 3 rings (SSSR count). The number of benzene rings is 1. The van der Waals surface area contributed by atoms with Crippen LogP contribution in [0.25, 0.3) is 6.08 Å². The van der Waals surface area contributed by atoms with E-state index >= 15 is 0 Å². The van der Waals surface area contributed by atoms with Gasteiger partial charge < -0.3 is 19.5 Å². The molecule has 0 aliphatic carbocycles. The molecule has 0 aromatic heterocycles. The molecule has 6 nitrogen and oxygen atoms in total. The number of hydrogen-bond acceptors (Lipinski definition) is 4. The Morgan fingerprint density at radius 1 is 1.39 bits per heavy atom. The zero-order valence-corrected chi connectivity index (χ0v) is 13.2. The molecule has 0 saturated carbocycles. The first-order valence-electron chi connectivity index (χ1n) is 7.53. The van der Waals surface area contributed by atoms with Crippen LogP contribution in [0.3, 0.4) is 0 Å². The van der Waals surface area contributed by atoms with Crippen molar-refractivity contribution in [3.05, 3.63) is 29.3 Å². The lowest BCUT2D eigenvalue weighted by Gasteiger charge is -2.32. The zero-order valence-electron chi connectivity index (χ0n) is 13.2. The number of hydrogen-bond donors (Lipinski definition) is 1. The molecule has 2 heterocycles. The molecule has 2 aliphatic rings. The van der Waals surface area contributed by atoms with Gasteiger partial charge in [-0.15, -0.1) is 0 Å². The van der Waals surface area contributed by atoms with Gasteiger partial charge in [-0.3, -0.25) is 4.79 Å². The van der Waals surface area contributed by atoms with Crippen LogP contribution in [0.5, 0.6) is 11.5 Å². The molecule has 1 saturated heterocycles. The van der Waals surface area contributed by atoms with E-state index < -0.39 is 11.5 Å². The highest BCUT2D eigenvalue weighted by molar-refractivity contribution is 6.02. The third-order valence-corrected chi connectivity index (χ3v) is 4.55. The van der Waals surface area contributed by atoms with Gasteiger partial charge in [-0.05, 0) is 31.9 Å². The number of rotatable bonds is 3. The van der Waals surface area contributed by atoms with Crippen molar-refractivity contribution in [2.45, 2.75) is 25.3 Å². The summed E-state index contributed by atoms with van der Waals surface area (Å²) >= 11 is 0. The van der Waals surface area contributed by atoms with Crippen molar-refractivity contribution < 1.29 is 24.2 Å². The minimum atomic E-state index is -1.15. The van der Waals surface area contributed by atoms with E-state index in [0.717, 1.165) is 5.56 Å². The molecule has 2 aliphatic heterocycles. The Bertz CT molecular complexity index is 696. The maximum atomic E-state index is 12.8. The van der Waals surface area contributed by atoms with Crippen molar-refractivity contribution in [3.63, 3.8) is 0 Å². The molecule has 1 N–H and O–H groups in total. The first-order valence-corrected chi connectivity index (χ1v) is 7.53. The third-order valence-electron chi connectivity index (χ3n) is 4.55. The van der Waals surface area contributed by atoms with E-state index in [1.807, 2.05) is 12.1 Å². The molecule has 23 heavy (non-hydrogen) atoms. The van der Waals surface area contributed by atoms with E-state index in [0.29, 0.717) is 36.5 Å². The van der Waals surface area contributed by atoms with Crippen LogP contribution in [0.1, 0.15) is 25.3 Å². The minimum Gasteiger partial charge on any atom is -0.493 e. The Morgan fingerprint density at radius 2 is 2.17 bits per heavy atom. The third kappa shape index (κ3) is 2.44. The zero-order chi connectivity index (χ0) is 16.6. The number of para-hydroxylation sites is 1. The highest BCUT2D eigenvalue weighted by atomic mass is 16.5. The van der Waals surface area contributed by atoms with E-state index in [-0.39, 0.29) is 12.5 Å². The van der Waals surface area contributed by atoms with Crippen molar-refractivity contribution in [1.29, 1.82) is 0 Å². The van der Waals surface area contributed by atoms with Gasteiger partial charge in [-0.25, -0.2) is 4.79 Å². The molecule has 1 aromatic carbocycles. The summed E-state index contributed by atoms with van der Waals surface area (Å²) in [5, 5.41) is 9.46. The van der Waals surface area contributed by atoms with Crippen molar-refractivity contribution in [2.24, 2.45) is 0 Å². The monoisotopic (exact) mass is 317 g/mol. The first kappa shape index (κ1) is 15.4. The molecule has 0 spiro atoms. The van der Waals surface area contributed by atoms with Gasteiger partial charge in [0.25, 0.3) is 5.91 Å². The van der Waals surface area contributed by atoms with Crippen molar-refractivity contribution in [1.82, 2.24) is 4.90 Å². The van der Waals surface area contributed by atoms with Crippen LogP contribution < -0.4 is 9.47 Å². The van der Waals surface area contributed by atoms with Crippen LogP contribution in [0, 0.1) is 0 Å². The summed E-state index contributed by atoms with van der Waals surface area (Å²) in [6, 6.07) is 5.45. The fraction of sp³-hybridized carbons (Fsp3) is 0.412. The number of nitrogens with zero attached hydrogens (tertiary/aromatic N) is 1. The van der Waals surface area contributed by atoms with Crippen LogP contribution in [0.15, 0.2) is 23.8 Å². The molecule has 1 amide bonds. The fourth-order valence-corrected chi connectivity index (χ4v) is 3.15. The molecule has 1 fully saturated rings. The second-order valence-electron chi connectivity index (χ2n) is 5.98. The van der Waals surface area contributed by atoms with Crippen LogP contribution in [0.4, 0.5) is 0 Å². The number of carboxylic acid groups (broad SMARTS) is 1.